The fourth-order valence-electron chi connectivity index (χ4n) is 3.99. The van der Waals surface area contributed by atoms with Crippen LogP contribution in [0.5, 0.6) is 5.75 Å². The summed E-state index contributed by atoms with van der Waals surface area (Å²) < 4.78 is 7.42. The first-order chi connectivity index (χ1) is 16.5. The molecule has 5 nitrogen and oxygen atoms in total. The second-order valence-electron chi connectivity index (χ2n) is 7.65. The lowest BCUT2D eigenvalue weighted by Gasteiger charge is -2.15. The number of anilines is 1. The maximum absolute atomic E-state index is 13.2. The Bertz CT molecular complexity index is 1480. The van der Waals surface area contributed by atoms with Gasteiger partial charge < -0.3 is 9.30 Å². The molecule has 4 aromatic rings. The lowest BCUT2D eigenvalue weighted by atomic mass is 10.1. The molecule has 34 heavy (non-hydrogen) atoms. The fourth-order valence-corrected chi connectivity index (χ4v) is 5.28. The molecule has 0 N–H and O–H groups in total. The maximum atomic E-state index is 13.2. The van der Waals surface area contributed by atoms with E-state index < -0.39 is 0 Å². The molecular formula is C26H18Cl2N2O3S. The Labute approximate surface area is 210 Å². The predicted octanol–water partition coefficient (Wildman–Crippen LogP) is 7.25. The van der Waals surface area contributed by atoms with Gasteiger partial charge in [-0.3, -0.25) is 9.59 Å². The number of amides is 2. The molecule has 0 radical (unpaired) electrons. The Kier molecular flexibility index (Phi) is 6.13. The smallest absolute Gasteiger partial charge is 0.298 e. The van der Waals surface area contributed by atoms with Gasteiger partial charge in [-0.25, -0.2) is 4.90 Å². The van der Waals surface area contributed by atoms with E-state index in [9.17, 15) is 9.59 Å². The lowest BCUT2D eigenvalue weighted by molar-refractivity contribution is -0.113. The summed E-state index contributed by atoms with van der Waals surface area (Å²) in [5.41, 5.74) is 3.18. The summed E-state index contributed by atoms with van der Waals surface area (Å²) in [4.78, 5) is 27.5. The normalized spacial score (nSPS) is 15.0. The standard InChI is InChI=1S/C26H18Cl2N2O3S/c1-33-23-9-5-4-8-22(23)30-25(31)24(34-26(30)32)12-17-15-29(21-7-3-2-6-19(17)21)14-16-10-11-18(27)13-20(16)28/h2-13,15H,14H2,1H3/b24-12-. The Balaban J connectivity index is 1.53. The zero-order valence-electron chi connectivity index (χ0n) is 18.0. The summed E-state index contributed by atoms with van der Waals surface area (Å²) >= 11 is 13.4. The van der Waals surface area contributed by atoms with Gasteiger partial charge in [-0.05, 0) is 53.7 Å². The van der Waals surface area contributed by atoms with Crippen LogP contribution in [0.25, 0.3) is 17.0 Å². The maximum Gasteiger partial charge on any atom is 0.298 e. The Hall–Kier alpha value is -3.19. The lowest BCUT2D eigenvalue weighted by Crippen LogP contribution is -2.28. The van der Waals surface area contributed by atoms with Crippen molar-refractivity contribution in [1.82, 2.24) is 4.57 Å². The van der Waals surface area contributed by atoms with Crippen LogP contribution in [0, 0.1) is 0 Å². The van der Waals surface area contributed by atoms with Crippen molar-refractivity contribution in [1.29, 1.82) is 0 Å². The highest BCUT2D eigenvalue weighted by molar-refractivity contribution is 8.19. The number of imide groups is 1. The fraction of sp³-hybridized carbons (Fsp3) is 0.0769. The van der Waals surface area contributed by atoms with Crippen LogP contribution in [-0.2, 0) is 11.3 Å². The topological polar surface area (TPSA) is 51.5 Å². The minimum Gasteiger partial charge on any atom is -0.495 e. The second-order valence-corrected chi connectivity index (χ2v) is 9.49. The van der Waals surface area contributed by atoms with Crippen LogP contribution in [0.4, 0.5) is 10.5 Å². The van der Waals surface area contributed by atoms with E-state index in [1.54, 1.807) is 36.4 Å². The molecule has 2 heterocycles. The largest absolute Gasteiger partial charge is 0.495 e. The van der Waals surface area contributed by atoms with Crippen LogP contribution in [0.15, 0.2) is 77.8 Å². The van der Waals surface area contributed by atoms with Gasteiger partial charge in [-0.1, -0.05) is 59.6 Å². The molecule has 0 atom stereocenters. The summed E-state index contributed by atoms with van der Waals surface area (Å²) in [7, 11) is 1.51. The molecule has 3 aromatic carbocycles. The van der Waals surface area contributed by atoms with E-state index in [1.165, 1.54) is 7.11 Å². The van der Waals surface area contributed by atoms with Crippen molar-refractivity contribution in [3.63, 3.8) is 0 Å². The molecule has 0 saturated carbocycles. The van der Waals surface area contributed by atoms with E-state index in [0.29, 0.717) is 32.9 Å². The van der Waals surface area contributed by atoms with Crippen LogP contribution in [0.3, 0.4) is 0 Å². The number of hydrogen-bond donors (Lipinski definition) is 0. The minimum absolute atomic E-state index is 0.350. The van der Waals surface area contributed by atoms with Crippen molar-refractivity contribution in [2.24, 2.45) is 0 Å². The average Bonchev–Trinajstić information content (AvgIpc) is 3.32. The third-order valence-corrected chi connectivity index (χ3v) is 7.04. The zero-order valence-corrected chi connectivity index (χ0v) is 20.3. The van der Waals surface area contributed by atoms with Crippen LogP contribution in [0.2, 0.25) is 10.0 Å². The monoisotopic (exact) mass is 508 g/mol. The van der Waals surface area contributed by atoms with E-state index in [0.717, 1.165) is 38.7 Å². The Morgan fingerprint density at radius 3 is 2.56 bits per heavy atom. The second kappa shape index (κ2) is 9.22. The number of benzene rings is 3. The van der Waals surface area contributed by atoms with Crippen molar-refractivity contribution in [3.05, 3.63) is 99.0 Å². The zero-order chi connectivity index (χ0) is 23.8. The van der Waals surface area contributed by atoms with Gasteiger partial charge in [0.05, 0.1) is 17.7 Å². The van der Waals surface area contributed by atoms with E-state index in [1.807, 2.05) is 42.6 Å². The number of aromatic nitrogens is 1. The summed E-state index contributed by atoms with van der Waals surface area (Å²) in [5.74, 6) is 0.0829. The number of thioether (sulfide) groups is 1. The average molecular weight is 509 g/mol. The van der Waals surface area contributed by atoms with Crippen molar-refractivity contribution >= 4 is 68.8 Å². The molecule has 0 spiro atoms. The van der Waals surface area contributed by atoms with Crippen LogP contribution in [0.1, 0.15) is 11.1 Å². The summed E-state index contributed by atoms with van der Waals surface area (Å²) in [6, 6.07) is 20.3. The number of fused-ring (bicyclic) bond motifs is 1. The Morgan fingerprint density at radius 1 is 1.00 bits per heavy atom. The number of rotatable bonds is 5. The van der Waals surface area contributed by atoms with Gasteiger partial charge in [0.2, 0.25) is 0 Å². The van der Waals surface area contributed by atoms with Crippen molar-refractivity contribution < 1.29 is 14.3 Å². The highest BCUT2D eigenvalue weighted by Crippen LogP contribution is 2.40. The molecule has 0 aliphatic carbocycles. The quantitative estimate of drug-likeness (QED) is 0.266. The van der Waals surface area contributed by atoms with E-state index in [4.69, 9.17) is 27.9 Å². The molecule has 1 aliphatic rings. The van der Waals surface area contributed by atoms with Crippen molar-refractivity contribution in [2.45, 2.75) is 6.54 Å². The number of methoxy groups -OCH3 is 1. The van der Waals surface area contributed by atoms with Crippen LogP contribution in [-0.4, -0.2) is 22.8 Å². The highest BCUT2D eigenvalue weighted by Gasteiger charge is 2.37. The van der Waals surface area contributed by atoms with Crippen molar-refractivity contribution in [2.75, 3.05) is 12.0 Å². The van der Waals surface area contributed by atoms with E-state index >= 15 is 0 Å². The Morgan fingerprint density at radius 2 is 1.76 bits per heavy atom. The molecule has 5 rings (SSSR count). The number of para-hydroxylation sites is 3. The molecule has 1 aromatic heterocycles. The molecular weight excluding hydrogens is 491 g/mol. The van der Waals surface area contributed by atoms with Gasteiger partial charge >= 0.3 is 0 Å². The SMILES string of the molecule is COc1ccccc1N1C(=O)S/C(=C\c2cn(Cc3ccc(Cl)cc3Cl)c3ccccc23)C1=O. The van der Waals surface area contributed by atoms with Gasteiger partial charge in [-0.2, -0.15) is 0 Å². The molecule has 170 valence electrons. The first-order valence-electron chi connectivity index (χ1n) is 10.4. The molecule has 1 aliphatic heterocycles. The van der Waals surface area contributed by atoms with Gasteiger partial charge in [0.15, 0.2) is 0 Å². The molecule has 0 unspecified atom stereocenters. The highest BCUT2D eigenvalue weighted by atomic mass is 35.5. The van der Waals surface area contributed by atoms with Crippen LogP contribution < -0.4 is 9.64 Å². The summed E-state index contributed by atoms with van der Waals surface area (Å²) in [5, 5.41) is 1.77. The molecule has 0 bridgehead atoms. The van der Waals surface area contributed by atoms with Gasteiger partial charge in [-0.15, -0.1) is 0 Å². The summed E-state index contributed by atoms with van der Waals surface area (Å²) in [6.45, 7) is 0.535. The number of nitrogens with zero attached hydrogens (tertiary/aromatic N) is 2. The number of ether oxygens (including phenoxy) is 1. The van der Waals surface area contributed by atoms with Crippen LogP contribution >= 0.6 is 35.0 Å². The number of carbonyl (C=O) groups is 2. The van der Waals surface area contributed by atoms with Gasteiger partial charge in [0, 0.05) is 39.3 Å². The number of carbonyl (C=O) groups excluding carboxylic acids is 2. The van der Waals surface area contributed by atoms with E-state index in [2.05, 4.69) is 4.57 Å². The number of halogens is 2. The minimum atomic E-state index is -0.378. The van der Waals surface area contributed by atoms with Gasteiger partial charge in [0.1, 0.15) is 5.75 Å². The van der Waals surface area contributed by atoms with Gasteiger partial charge in [0.25, 0.3) is 11.1 Å². The predicted molar refractivity (Wildman–Crippen MR) is 139 cm³/mol. The first kappa shape index (κ1) is 22.6. The molecule has 2 amide bonds. The molecule has 1 saturated heterocycles. The van der Waals surface area contributed by atoms with E-state index in [-0.39, 0.29) is 11.1 Å². The third-order valence-electron chi connectivity index (χ3n) is 5.58. The molecule has 8 heteroatoms. The summed E-state index contributed by atoms with van der Waals surface area (Å²) in [6.07, 6.45) is 3.73. The first-order valence-corrected chi connectivity index (χ1v) is 12.0. The molecule has 1 fully saturated rings. The third kappa shape index (κ3) is 4.09. The number of hydrogen-bond acceptors (Lipinski definition) is 4. The van der Waals surface area contributed by atoms with Crippen molar-refractivity contribution in [3.8, 4) is 5.75 Å².